The van der Waals surface area contributed by atoms with Crippen LogP contribution in [0.2, 0.25) is 0 Å². The van der Waals surface area contributed by atoms with Crippen molar-refractivity contribution in [2.45, 2.75) is 6.92 Å². The van der Waals surface area contributed by atoms with Crippen molar-refractivity contribution in [3.05, 3.63) is 59.0 Å². The summed E-state index contributed by atoms with van der Waals surface area (Å²) in [5.41, 5.74) is 3.24. The van der Waals surface area contributed by atoms with Gasteiger partial charge in [0.1, 0.15) is 11.5 Å². The number of carbonyl (C=O) groups is 1. The number of amides is 1. The molecule has 0 bridgehead atoms. The Morgan fingerprint density at radius 2 is 1.84 bits per heavy atom. The summed E-state index contributed by atoms with van der Waals surface area (Å²) < 4.78 is 10.7. The molecule has 0 saturated heterocycles. The van der Waals surface area contributed by atoms with Crippen molar-refractivity contribution in [3.63, 3.8) is 0 Å². The van der Waals surface area contributed by atoms with Gasteiger partial charge in [0.15, 0.2) is 5.13 Å². The van der Waals surface area contributed by atoms with Gasteiger partial charge in [-0.15, -0.1) is 11.3 Å². The van der Waals surface area contributed by atoms with Crippen LogP contribution in [0, 0.1) is 6.92 Å². The Bertz CT molecular complexity index is 888. The summed E-state index contributed by atoms with van der Waals surface area (Å²) in [7, 11) is 3.22. The molecule has 0 saturated carbocycles. The van der Waals surface area contributed by atoms with Crippen LogP contribution in [-0.2, 0) is 0 Å². The lowest BCUT2D eigenvalue weighted by Crippen LogP contribution is -2.11. The molecule has 1 aromatic heterocycles. The zero-order valence-corrected chi connectivity index (χ0v) is 15.0. The number of hydrogen-bond donors (Lipinski definition) is 1. The molecular weight excluding hydrogens is 336 g/mol. The Balaban J connectivity index is 1.83. The van der Waals surface area contributed by atoms with Crippen LogP contribution in [0.1, 0.15) is 15.9 Å². The molecule has 0 aliphatic rings. The van der Waals surface area contributed by atoms with Gasteiger partial charge in [0.05, 0.1) is 19.9 Å². The Kier molecular flexibility index (Phi) is 5.00. The minimum atomic E-state index is -0.182. The van der Waals surface area contributed by atoms with Crippen LogP contribution >= 0.6 is 11.3 Å². The molecule has 0 unspecified atom stereocenters. The molecule has 0 atom stereocenters. The lowest BCUT2D eigenvalue weighted by atomic mass is 10.1. The Morgan fingerprint density at radius 3 is 2.52 bits per heavy atom. The predicted octanol–water partition coefficient (Wildman–Crippen LogP) is 4.39. The molecule has 3 rings (SSSR count). The van der Waals surface area contributed by atoms with Crippen LogP contribution < -0.4 is 14.8 Å². The molecule has 128 valence electrons. The number of methoxy groups -OCH3 is 2. The molecule has 0 fully saturated rings. The van der Waals surface area contributed by atoms with Crippen molar-refractivity contribution in [2.75, 3.05) is 19.5 Å². The molecule has 3 aromatic rings. The highest BCUT2D eigenvalue weighted by molar-refractivity contribution is 7.14. The molecular formula is C19H18N2O3S. The van der Waals surface area contributed by atoms with Crippen molar-refractivity contribution < 1.29 is 14.3 Å². The molecule has 2 aromatic carbocycles. The van der Waals surface area contributed by atoms with Crippen molar-refractivity contribution in [2.24, 2.45) is 0 Å². The topological polar surface area (TPSA) is 60.5 Å². The molecule has 0 radical (unpaired) electrons. The lowest BCUT2D eigenvalue weighted by Gasteiger charge is -2.08. The van der Waals surface area contributed by atoms with Crippen LogP contribution in [0.4, 0.5) is 5.13 Å². The van der Waals surface area contributed by atoms with Gasteiger partial charge < -0.3 is 9.47 Å². The third kappa shape index (κ3) is 3.80. The first kappa shape index (κ1) is 17.0. The van der Waals surface area contributed by atoms with Crippen LogP contribution in [0.5, 0.6) is 11.5 Å². The highest BCUT2D eigenvalue weighted by Gasteiger charge is 2.13. The van der Waals surface area contributed by atoms with E-state index in [1.807, 2.05) is 42.6 Å². The number of ether oxygens (including phenoxy) is 2. The first-order valence-corrected chi connectivity index (χ1v) is 8.54. The van der Waals surface area contributed by atoms with Gasteiger partial charge >= 0.3 is 0 Å². The number of benzene rings is 2. The maximum absolute atomic E-state index is 12.3. The van der Waals surface area contributed by atoms with E-state index in [1.165, 1.54) is 11.3 Å². The number of nitrogens with one attached hydrogen (secondary N) is 1. The predicted molar refractivity (Wildman–Crippen MR) is 99.8 cm³/mol. The summed E-state index contributed by atoms with van der Waals surface area (Å²) in [5, 5.41) is 5.24. The van der Waals surface area contributed by atoms with Crippen LogP contribution in [0.15, 0.2) is 47.8 Å². The Morgan fingerprint density at radius 1 is 1.08 bits per heavy atom. The largest absolute Gasteiger partial charge is 0.497 e. The maximum Gasteiger partial charge on any atom is 0.257 e. The number of rotatable bonds is 5. The number of thiazole rings is 1. The van der Waals surface area contributed by atoms with Gasteiger partial charge in [-0.2, -0.15) is 0 Å². The summed E-state index contributed by atoms with van der Waals surface area (Å²) in [6, 6.07) is 12.9. The molecule has 0 spiro atoms. The van der Waals surface area contributed by atoms with Gasteiger partial charge in [-0.1, -0.05) is 17.7 Å². The van der Waals surface area contributed by atoms with E-state index < -0.39 is 0 Å². The van der Waals surface area contributed by atoms with Crippen LogP contribution in [0.3, 0.4) is 0 Å². The summed E-state index contributed by atoms with van der Waals surface area (Å²) >= 11 is 1.36. The zero-order chi connectivity index (χ0) is 17.8. The molecule has 1 heterocycles. The van der Waals surface area contributed by atoms with Gasteiger partial charge in [0.25, 0.3) is 5.91 Å². The normalized spacial score (nSPS) is 10.4. The smallest absolute Gasteiger partial charge is 0.257 e. The SMILES string of the molecule is COc1ccc(OC)c(-c2csc(NC(=O)c3ccc(C)cc3)n2)c1. The number of aromatic nitrogens is 1. The molecule has 1 amide bonds. The monoisotopic (exact) mass is 354 g/mol. The van der Waals surface area contributed by atoms with Crippen molar-refractivity contribution in [3.8, 4) is 22.8 Å². The van der Waals surface area contributed by atoms with Gasteiger partial charge in [-0.25, -0.2) is 4.98 Å². The molecule has 5 nitrogen and oxygen atoms in total. The first-order chi connectivity index (χ1) is 12.1. The zero-order valence-electron chi connectivity index (χ0n) is 14.2. The second-order valence-electron chi connectivity index (χ2n) is 5.42. The first-order valence-electron chi connectivity index (χ1n) is 7.66. The average molecular weight is 354 g/mol. The van der Waals surface area contributed by atoms with E-state index in [1.54, 1.807) is 26.4 Å². The number of anilines is 1. The third-order valence-electron chi connectivity index (χ3n) is 3.72. The van der Waals surface area contributed by atoms with Crippen LogP contribution in [0.25, 0.3) is 11.3 Å². The third-order valence-corrected chi connectivity index (χ3v) is 4.48. The summed E-state index contributed by atoms with van der Waals surface area (Å²) in [4.78, 5) is 16.8. The lowest BCUT2D eigenvalue weighted by molar-refractivity contribution is 0.102. The van der Waals surface area contributed by atoms with Crippen LogP contribution in [-0.4, -0.2) is 25.1 Å². The number of carbonyl (C=O) groups excluding carboxylic acids is 1. The highest BCUT2D eigenvalue weighted by Crippen LogP contribution is 2.35. The van der Waals surface area contributed by atoms with Gasteiger partial charge in [-0.05, 0) is 37.3 Å². The minimum Gasteiger partial charge on any atom is -0.497 e. The molecule has 0 aliphatic carbocycles. The van der Waals surface area contributed by atoms with Gasteiger partial charge in [0, 0.05) is 16.5 Å². The van der Waals surface area contributed by atoms with E-state index in [2.05, 4.69) is 10.3 Å². The molecule has 6 heteroatoms. The molecule has 0 aliphatic heterocycles. The number of nitrogens with zero attached hydrogens (tertiary/aromatic N) is 1. The summed E-state index contributed by atoms with van der Waals surface area (Å²) in [5.74, 6) is 1.23. The van der Waals surface area contributed by atoms with E-state index in [0.717, 1.165) is 16.8 Å². The second kappa shape index (κ2) is 7.36. The standard InChI is InChI=1S/C19H18N2O3S/c1-12-4-6-13(7-5-12)18(22)21-19-20-16(11-25-19)15-10-14(23-2)8-9-17(15)24-3/h4-11H,1-3H3,(H,20,21,22). The van der Waals surface area contributed by atoms with E-state index in [-0.39, 0.29) is 5.91 Å². The van der Waals surface area contributed by atoms with E-state index in [9.17, 15) is 4.79 Å². The average Bonchev–Trinajstić information content (AvgIpc) is 3.10. The second-order valence-corrected chi connectivity index (χ2v) is 6.28. The van der Waals surface area contributed by atoms with Crippen molar-refractivity contribution >= 4 is 22.4 Å². The fraction of sp³-hybridized carbons (Fsp3) is 0.158. The fourth-order valence-electron chi connectivity index (χ4n) is 2.34. The summed E-state index contributed by atoms with van der Waals surface area (Å²) in [6.45, 7) is 1.98. The molecule has 1 N–H and O–H groups in total. The number of hydrogen-bond acceptors (Lipinski definition) is 5. The van der Waals surface area contributed by atoms with Gasteiger partial charge in [0.2, 0.25) is 0 Å². The van der Waals surface area contributed by atoms with E-state index in [0.29, 0.717) is 22.2 Å². The number of aryl methyl sites for hydroxylation is 1. The Labute approximate surface area is 150 Å². The fourth-order valence-corrected chi connectivity index (χ4v) is 3.05. The Hall–Kier alpha value is -2.86. The molecule has 25 heavy (non-hydrogen) atoms. The van der Waals surface area contributed by atoms with E-state index >= 15 is 0 Å². The highest BCUT2D eigenvalue weighted by atomic mass is 32.1. The maximum atomic E-state index is 12.3. The van der Waals surface area contributed by atoms with E-state index in [4.69, 9.17) is 9.47 Å². The van der Waals surface area contributed by atoms with Gasteiger partial charge in [-0.3, -0.25) is 10.1 Å². The minimum absolute atomic E-state index is 0.182. The quantitative estimate of drug-likeness (QED) is 0.738. The van der Waals surface area contributed by atoms with Crippen molar-refractivity contribution in [1.82, 2.24) is 4.98 Å². The summed E-state index contributed by atoms with van der Waals surface area (Å²) in [6.07, 6.45) is 0. The van der Waals surface area contributed by atoms with Crippen molar-refractivity contribution in [1.29, 1.82) is 0 Å².